The largest absolute Gasteiger partial charge is 0.319 e. The molecular formula is C9H15N3O2S. The molecule has 0 aliphatic rings. The van der Waals surface area contributed by atoms with Crippen LogP contribution in [0.25, 0.3) is 0 Å². The maximum atomic E-state index is 11.4. The molecule has 0 unspecified atom stereocenters. The number of hydrogen-bond acceptors (Lipinski definition) is 4. The van der Waals surface area contributed by atoms with E-state index in [1.54, 1.807) is 25.4 Å². The lowest BCUT2D eigenvalue weighted by molar-refractivity contribution is 0.578. The van der Waals surface area contributed by atoms with Crippen LogP contribution in [0.5, 0.6) is 0 Å². The Morgan fingerprint density at radius 1 is 1.40 bits per heavy atom. The summed E-state index contributed by atoms with van der Waals surface area (Å²) in [5, 5.41) is 2.79. The summed E-state index contributed by atoms with van der Waals surface area (Å²) >= 11 is 0. The Labute approximate surface area is 90.0 Å². The van der Waals surface area contributed by atoms with E-state index in [0.29, 0.717) is 12.2 Å². The molecule has 84 valence electrons. The van der Waals surface area contributed by atoms with Gasteiger partial charge in [-0.05, 0) is 19.2 Å². The molecule has 0 saturated carbocycles. The van der Waals surface area contributed by atoms with E-state index in [0.717, 1.165) is 0 Å². The van der Waals surface area contributed by atoms with E-state index in [9.17, 15) is 8.42 Å². The van der Waals surface area contributed by atoms with Crippen LogP contribution in [-0.4, -0.2) is 32.7 Å². The molecule has 1 rings (SSSR count). The van der Waals surface area contributed by atoms with Gasteiger partial charge >= 0.3 is 0 Å². The second-order valence-corrected chi connectivity index (χ2v) is 4.99. The zero-order valence-electron chi connectivity index (χ0n) is 8.60. The third-order valence-electron chi connectivity index (χ3n) is 1.82. The third-order valence-corrected chi connectivity index (χ3v) is 3.15. The SMILES string of the molecule is CNCCS(=O)(=O)NCc1ccccn1. The predicted octanol–water partition coefficient (Wildman–Crippen LogP) is -0.280. The van der Waals surface area contributed by atoms with Crippen molar-refractivity contribution >= 4 is 10.0 Å². The monoisotopic (exact) mass is 229 g/mol. The van der Waals surface area contributed by atoms with Crippen LogP contribution in [0.1, 0.15) is 5.69 Å². The van der Waals surface area contributed by atoms with E-state index >= 15 is 0 Å². The van der Waals surface area contributed by atoms with Crippen molar-refractivity contribution in [2.45, 2.75) is 6.54 Å². The van der Waals surface area contributed by atoms with Crippen molar-refractivity contribution < 1.29 is 8.42 Å². The Balaban J connectivity index is 2.43. The van der Waals surface area contributed by atoms with Crippen molar-refractivity contribution in [2.75, 3.05) is 19.3 Å². The summed E-state index contributed by atoms with van der Waals surface area (Å²) in [6, 6.07) is 5.39. The fourth-order valence-corrected chi connectivity index (χ4v) is 1.98. The number of nitrogens with one attached hydrogen (secondary N) is 2. The average Bonchev–Trinajstić information content (AvgIpc) is 2.25. The Morgan fingerprint density at radius 2 is 2.20 bits per heavy atom. The summed E-state index contributed by atoms with van der Waals surface area (Å²) in [7, 11) is -1.48. The van der Waals surface area contributed by atoms with Gasteiger partial charge < -0.3 is 5.32 Å². The molecule has 0 aromatic carbocycles. The first-order valence-electron chi connectivity index (χ1n) is 4.66. The van der Waals surface area contributed by atoms with Gasteiger partial charge in [0, 0.05) is 12.7 Å². The van der Waals surface area contributed by atoms with E-state index in [-0.39, 0.29) is 12.3 Å². The van der Waals surface area contributed by atoms with Gasteiger partial charge in [0.15, 0.2) is 0 Å². The van der Waals surface area contributed by atoms with Gasteiger partial charge in [0.25, 0.3) is 0 Å². The molecule has 0 aliphatic heterocycles. The molecule has 0 spiro atoms. The van der Waals surface area contributed by atoms with Gasteiger partial charge in [-0.2, -0.15) is 0 Å². The Hall–Kier alpha value is -0.980. The van der Waals surface area contributed by atoms with E-state index in [1.165, 1.54) is 0 Å². The van der Waals surface area contributed by atoms with Gasteiger partial charge in [0.05, 0.1) is 18.0 Å². The molecule has 6 heteroatoms. The van der Waals surface area contributed by atoms with Crippen LogP contribution >= 0.6 is 0 Å². The highest BCUT2D eigenvalue weighted by atomic mass is 32.2. The standard InChI is InChI=1S/C9H15N3O2S/c1-10-6-7-15(13,14)12-8-9-4-2-3-5-11-9/h2-5,10,12H,6-8H2,1H3. The lowest BCUT2D eigenvalue weighted by Gasteiger charge is -2.05. The fraction of sp³-hybridized carbons (Fsp3) is 0.444. The minimum atomic E-state index is -3.19. The third kappa shape index (κ3) is 4.87. The first kappa shape index (κ1) is 12.1. The maximum Gasteiger partial charge on any atom is 0.213 e. The summed E-state index contributed by atoms with van der Waals surface area (Å²) in [6.45, 7) is 0.685. The summed E-state index contributed by atoms with van der Waals surface area (Å²) < 4.78 is 25.2. The molecule has 1 aromatic heterocycles. The van der Waals surface area contributed by atoms with Crippen molar-refractivity contribution in [2.24, 2.45) is 0 Å². The highest BCUT2D eigenvalue weighted by molar-refractivity contribution is 7.89. The number of aromatic nitrogens is 1. The molecule has 0 radical (unpaired) electrons. The lowest BCUT2D eigenvalue weighted by atomic mass is 10.4. The van der Waals surface area contributed by atoms with Gasteiger partial charge in [0.2, 0.25) is 10.0 Å². The fourth-order valence-electron chi connectivity index (χ4n) is 0.995. The molecular weight excluding hydrogens is 214 g/mol. The van der Waals surface area contributed by atoms with Crippen LogP contribution in [0.2, 0.25) is 0 Å². The Bertz CT molecular complexity index is 378. The Morgan fingerprint density at radius 3 is 2.80 bits per heavy atom. The molecule has 1 aromatic rings. The van der Waals surface area contributed by atoms with E-state index in [2.05, 4.69) is 15.0 Å². The minimum Gasteiger partial charge on any atom is -0.319 e. The smallest absolute Gasteiger partial charge is 0.213 e. The zero-order chi connectivity index (χ0) is 11.1. The van der Waals surface area contributed by atoms with Crippen molar-refractivity contribution in [1.82, 2.24) is 15.0 Å². The van der Waals surface area contributed by atoms with Crippen molar-refractivity contribution in [3.63, 3.8) is 0 Å². The molecule has 0 aliphatic carbocycles. The molecule has 0 bridgehead atoms. The van der Waals surface area contributed by atoms with Crippen LogP contribution in [0.4, 0.5) is 0 Å². The van der Waals surface area contributed by atoms with Crippen LogP contribution in [0, 0.1) is 0 Å². The van der Waals surface area contributed by atoms with E-state index in [4.69, 9.17) is 0 Å². The average molecular weight is 229 g/mol. The molecule has 5 nitrogen and oxygen atoms in total. The van der Waals surface area contributed by atoms with E-state index < -0.39 is 10.0 Å². The number of rotatable bonds is 6. The summed E-state index contributed by atoms with van der Waals surface area (Å²) in [4.78, 5) is 4.02. The normalized spacial score (nSPS) is 11.5. The molecule has 1 heterocycles. The predicted molar refractivity (Wildman–Crippen MR) is 58.8 cm³/mol. The van der Waals surface area contributed by atoms with Crippen LogP contribution in [0.3, 0.4) is 0 Å². The molecule has 0 fully saturated rings. The molecule has 2 N–H and O–H groups in total. The van der Waals surface area contributed by atoms with Gasteiger partial charge in [-0.25, -0.2) is 13.1 Å². The first-order valence-corrected chi connectivity index (χ1v) is 6.31. The van der Waals surface area contributed by atoms with Gasteiger partial charge in [-0.1, -0.05) is 6.07 Å². The number of pyridine rings is 1. The van der Waals surface area contributed by atoms with Gasteiger partial charge in [0.1, 0.15) is 0 Å². The Kier molecular flexibility index (Phi) is 4.67. The highest BCUT2D eigenvalue weighted by Gasteiger charge is 2.08. The van der Waals surface area contributed by atoms with E-state index in [1.807, 2.05) is 6.07 Å². The number of hydrogen-bond donors (Lipinski definition) is 2. The van der Waals surface area contributed by atoms with Crippen LogP contribution < -0.4 is 10.0 Å². The highest BCUT2D eigenvalue weighted by Crippen LogP contribution is 1.94. The quantitative estimate of drug-likeness (QED) is 0.704. The van der Waals surface area contributed by atoms with Gasteiger partial charge in [-0.3, -0.25) is 4.98 Å². The van der Waals surface area contributed by atoms with Crippen LogP contribution in [-0.2, 0) is 16.6 Å². The van der Waals surface area contributed by atoms with Crippen molar-refractivity contribution in [3.8, 4) is 0 Å². The van der Waals surface area contributed by atoms with Crippen molar-refractivity contribution in [1.29, 1.82) is 0 Å². The summed E-state index contributed by atoms with van der Waals surface area (Å²) in [5.41, 5.74) is 0.713. The second-order valence-electron chi connectivity index (χ2n) is 3.06. The lowest BCUT2D eigenvalue weighted by Crippen LogP contribution is -2.30. The molecule has 0 saturated heterocycles. The summed E-state index contributed by atoms with van der Waals surface area (Å²) in [5.74, 6) is 0.0797. The molecule has 0 atom stereocenters. The van der Waals surface area contributed by atoms with Crippen LogP contribution in [0.15, 0.2) is 24.4 Å². The number of nitrogens with zero attached hydrogens (tertiary/aromatic N) is 1. The maximum absolute atomic E-state index is 11.4. The first-order chi connectivity index (χ1) is 7.14. The molecule has 0 amide bonds. The second kappa shape index (κ2) is 5.79. The summed E-state index contributed by atoms with van der Waals surface area (Å²) in [6.07, 6.45) is 1.64. The minimum absolute atomic E-state index is 0.0797. The molecule has 15 heavy (non-hydrogen) atoms. The number of sulfonamides is 1. The van der Waals surface area contributed by atoms with Gasteiger partial charge in [-0.15, -0.1) is 0 Å². The van der Waals surface area contributed by atoms with Crippen molar-refractivity contribution in [3.05, 3.63) is 30.1 Å². The topological polar surface area (TPSA) is 71.1 Å². The zero-order valence-corrected chi connectivity index (χ0v) is 9.42.